The zero-order valence-electron chi connectivity index (χ0n) is 9.75. The van der Waals surface area contributed by atoms with Crippen molar-refractivity contribution in [3.05, 3.63) is 30.1 Å². The molecule has 0 atom stereocenters. The number of halogens is 1. The third-order valence-corrected chi connectivity index (χ3v) is 3.43. The van der Waals surface area contributed by atoms with Gasteiger partial charge in [-0.25, -0.2) is 4.39 Å². The van der Waals surface area contributed by atoms with Crippen LogP contribution in [0.2, 0.25) is 0 Å². The van der Waals surface area contributed by atoms with Crippen molar-refractivity contribution in [2.45, 2.75) is 31.7 Å². The van der Waals surface area contributed by atoms with Crippen LogP contribution in [0.4, 0.5) is 10.1 Å². The van der Waals surface area contributed by atoms with E-state index in [-0.39, 0.29) is 11.4 Å². The van der Waals surface area contributed by atoms with Gasteiger partial charge in [-0.3, -0.25) is 0 Å². The van der Waals surface area contributed by atoms with Crippen molar-refractivity contribution < 1.29 is 4.39 Å². The summed E-state index contributed by atoms with van der Waals surface area (Å²) in [6.45, 7) is 3.58. The number of nitrogens with zero attached hydrogens (tertiary/aromatic N) is 1. The van der Waals surface area contributed by atoms with Gasteiger partial charge in [0.1, 0.15) is 5.82 Å². The SMILES string of the molecule is CCN(CC1(N)CCC1)c1ccccc1F. The average Bonchev–Trinajstić information content (AvgIpc) is 2.25. The van der Waals surface area contributed by atoms with Crippen molar-refractivity contribution in [3.63, 3.8) is 0 Å². The molecule has 0 spiro atoms. The first-order valence-corrected chi connectivity index (χ1v) is 5.93. The summed E-state index contributed by atoms with van der Waals surface area (Å²) in [5.74, 6) is -0.160. The minimum absolute atomic E-state index is 0.0989. The molecule has 0 bridgehead atoms. The van der Waals surface area contributed by atoms with Crippen LogP contribution in [0.15, 0.2) is 24.3 Å². The fraction of sp³-hybridized carbons (Fsp3) is 0.538. The lowest BCUT2D eigenvalue weighted by atomic mass is 9.77. The smallest absolute Gasteiger partial charge is 0.146 e. The number of hydrogen-bond acceptors (Lipinski definition) is 2. The summed E-state index contributed by atoms with van der Waals surface area (Å²) >= 11 is 0. The van der Waals surface area contributed by atoms with Gasteiger partial charge in [0.25, 0.3) is 0 Å². The molecule has 3 heteroatoms. The molecule has 0 aliphatic heterocycles. The monoisotopic (exact) mass is 222 g/mol. The largest absolute Gasteiger partial charge is 0.368 e. The maximum absolute atomic E-state index is 13.6. The van der Waals surface area contributed by atoms with Crippen LogP contribution in [-0.4, -0.2) is 18.6 Å². The van der Waals surface area contributed by atoms with E-state index in [1.54, 1.807) is 6.07 Å². The number of hydrogen-bond donors (Lipinski definition) is 1. The minimum atomic E-state index is -0.160. The molecule has 1 aromatic carbocycles. The molecule has 2 N–H and O–H groups in total. The highest BCUT2D eigenvalue weighted by molar-refractivity contribution is 5.48. The zero-order chi connectivity index (χ0) is 11.6. The summed E-state index contributed by atoms with van der Waals surface area (Å²) in [5.41, 5.74) is 6.77. The Balaban J connectivity index is 2.13. The van der Waals surface area contributed by atoms with Gasteiger partial charge in [-0.05, 0) is 38.3 Å². The Morgan fingerprint density at radius 3 is 2.56 bits per heavy atom. The zero-order valence-corrected chi connectivity index (χ0v) is 9.75. The van der Waals surface area contributed by atoms with E-state index in [1.165, 1.54) is 12.5 Å². The van der Waals surface area contributed by atoms with Crippen molar-refractivity contribution >= 4 is 5.69 Å². The lowest BCUT2D eigenvalue weighted by Gasteiger charge is -2.42. The number of nitrogens with two attached hydrogens (primary N) is 1. The molecule has 0 unspecified atom stereocenters. The van der Waals surface area contributed by atoms with E-state index in [0.29, 0.717) is 5.69 Å². The Bertz CT molecular complexity index is 361. The van der Waals surface area contributed by atoms with E-state index in [9.17, 15) is 4.39 Å². The summed E-state index contributed by atoms with van der Waals surface area (Å²) in [4.78, 5) is 2.04. The van der Waals surface area contributed by atoms with Crippen LogP contribution in [0, 0.1) is 5.82 Å². The summed E-state index contributed by atoms with van der Waals surface area (Å²) in [7, 11) is 0. The van der Waals surface area contributed by atoms with Gasteiger partial charge < -0.3 is 10.6 Å². The lowest BCUT2D eigenvalue weighted by molar-refractivity contribution is 0.252. The third-order valence-electron chi connectivity index (χ3n) is 3.43. The quantitative estimate of drug-likeness (QED) is 0.848. The molecule has 0 heterocycles. The van der Waals surface area contributed by atoms with Gasteiger partial charge in [0.15, 0.2) is 0 Å². The highest BCUT2D eigenvalue weighted by Gasteiger charge is 2.34. The fourth-order valence-corrected chi connectivity index (χ4v) is 2.24. The molecule has 2 nitrogen and oxygen atoms in total. The van der Waals surface area contributed by atoms with Crippen LogP contribution in [0.5, 0.6) is 0 Å². The molecule has 1 aromatic rings. The molecule has 16 heavy (non-hydrogen) atoms. The molecule has 0 saturated heterocycles. The minimum Gasteiger partial charge on any atom is -0.368 e. The Labute approximate surface area is 96.2 Å². The molecular formula is C13H19FN2. The molecule has 88 valence electrons. The van der Waals surface area contributed by atoms with Gasteiger partial charge in [0, 0.05) is 18.6 Å². The molecule has 0 aromatic heterocycles. The van der Waals surface area contributed by atoms with Crippen molar-refractivity contribution in [1.82, 2.24) is 0 Å². The van der Waals surface area contributed by atoms with Gasteiger partial charge in [-0.15, -0.1) is 0 Å². The van der Waals surface area contributed by atoms with E-state index in [4.69, 9.17) is 5.73 Å². The highest BCUT2D eigenvalue weighted by Crippen LogP contribution is 2.31. The second kappa shape index (κ2) is 4.42. The van der Waals surface area contributed by atoms with Crippen LogP contribution in [0.1, 0.15) is 26.2 Å². The predicted molar refractivity (Wildman–Crippen MR) is 65.1 cm³/mol. The Kier molecular flexibility index (Phi) is 3.15. The number of para-hydroxylation sites is 1. The average molecular weight is 222 g/mol. The van der Waals surface area contributed by atoms with Crippen LogP contribution >= 0.6 is 0 Å². The normalized spacial score (nSPS) is 17.9. The Hall–Kier alpha value is -1.09. The molecule has 0 amide bonds. The van der Waals surface area contributed by atoms with Crippen molar-refractivity contribution in [2.24, 2.45) is 5.73 Å². The van der Waals surface area contributed by atoms with Gasteiger partial charge in [0.2, 0.25) is 0 Å². The number of anilines is 1. The first-order valence-electron chi connectivity index (χ1n) is 5.93. The van der Waals surface area contributed by atoms with E-state index in [0.717, 1.165) is 25.9 Å². The van der Waals surface area contributed by atoms with Crippen molar-refractivity contribution in [2.75, 3.05) is 18.0 Å². The molecule has 1 aliphatic carbocycles. The van der Waals surface area contributed by atoms with Gasteiger partial charge in [0.05, 0.1) is 5.69 Å². The first kappa shape index (κ1) is 11.4. The second-order valence-electron chi connectivity index (χ2n) is 4.68. The third kappa shape index (κ3) is 2.19. The van der Waals surface area contributed by atoms with Crippen LogP contribution in [0.3, 0.4) is 0 Å². The molecule has 0 radical (unpaired) electrons. The summed E-state index contributed by atoms with van der Waals surface area (Å²) in [5, 5.41) is 0. The number of rotatable bonds is 4. The number of likely N-dealkylation sites (N-methyl/N-ethyl adjacent to an activating group) is 1. The maximum atomic E-state index is 13.6. The molecule has 1 fully saturated rings. The fourth-order valence-electron chi connectivity index (χ4n) is 2.24. The van der Waals surface area contributed by atoms with E-state index >= 15 is 0 Å². The van der Waals surface area contributed by atoms with Gasteiger partial charge >= 0.3 is 0 Å². The van der Waals surface area contributed by atoms with Crippen molar-refractivity contribution in [1.29, 1.82) is 0 Å². The van der Waals surface area contributed by atoms with E-state index in [2.05, 4.69) is 0 Å². The standard InChI is InChI=1S/C13H19FN2/c1-2-16(10-13(15)8-5-9-13)12-7-4-3-6-11(12)14/h3-4,6-7H,2,5,8-10,15H2,1H3. The molecule has 1 aliphatic rings. The van der Waals surface area contributed by atoms with Crippen LogP contribution in [0.25, 0.3) is 0 Å². The van der Waals surface area contributed by atoms with Gasteiger partial charge in [-0.1, -0.05) is 12.1 Å². The summed E-state index contributed by atoms with van der Waals surface area (Å²) < 4.78 is 13.6. The second-order valence-corrected chi connectivity index (χ2v) is 4.68. The van der Waals surface area contributed by atoms with E-state index in [1.807, 2.05) is 24.0 Å². The van der Waals surface area contributed by atoms with Crippen molar-refractivity contribution in [3.8, 4) is 0 Å². The molecule has 1 saturated carbocycles. The van der Waals surface area contributed by atoms with Gasteiger partial charge in [-0.2, -0.15) is 0 Å². The van der Waals surface area contributed by atoms with Crippen LogP contribution in [-0.2, 0) is 0 Å². The predicted octanol–water partition coefficient (Wildman–Crippen LogP) is 2.53. The molecule has 2 rings (SSSR count). The number of benzene rings is 1. The first-order chi connectivity index (χ1) is 7.64. The Morgan fingerprint density at radius 2 is 2.06 bits per heavy atom. The highest BCUT2D eigenvalue weighted by atomic mass is 19.1. The lowest BCUT2D eigenvalue weighted by Crippen LogP contribution is -2.55. The molecular weight excluding hydrogens is 203 g/mol. The topological polar surface area (TPSA) is 29.3 Å². The summed E-state index contributed by atoms with van der Waals surface area (Å²) in [6, 6.07) is 6.90. The Morgan fingerprint density at radius 1 is 1.38 bits per heavy atom. The summed E-state index contributed by atoms with van der Waals surface area (Å²) in [6.07, 6.45) is 3.31. The van der Waals surface area contributed by atoms with E-state index < -0.39 is 0 Å². The van der Waals surface area contributed by atoms with Crippen LogP contribution < -0.4 is 10.6 Å². The maximum Gasteiger partial charge on any atom is 0.146 e.